The van der Waals surface area contributed by atoms with Gasteiger partial charge in [-0.25, -0.2) is 9.18 Å². The van der Waals surface area contributed by atoms with E-state index in [1.165, 1.54) is 25.5 Å². The number of hydrogen-bond acceptors (Lipinski definition) is 4. The summed E-state index contributed by atoms with van der Waals surface area (Å²) in [6.45, 7) is 3.92. The standard InChI is InChI=1S/C20H21FN2O4/c1-12(2)18(20(25)26-3)22-19(24)16-10-17-15(7-8-27-17)23(16)11-13-5-4-6-14(21)9-13/h4-10,12,18H,11H2,1-3H3,(H,22,24). The molecule has 1 amide bonds. The van der Waals surface area contributed by atoms with E-state index in [1.807, 2.05) is 13.8 Å². The third kappa shape index (κ3) is 3.86. The molecule has 0 aliphatic carbocycles. The van der Waals surface area contributed by atoms with Crippen molar-refractivity contribution in [2.45, 2.75) is 26.4 Å². The van der Waals surface area contributed by atoms with Gasteiger partial charge in [-0.05, 0) is 23.6 Å². The Morgan fingerprint density at radius 1 is 1.26 bits per heavy atom. The second-order valence-corrected chi connectivity index (χ2v) is 6.63. The van der Waals surface area contributed by atoms with Crippen molar-refractivity contribution in [3.05, 3.63) is 59.7 Å². The van der Waals surface area contributed by atoms with E-state index in [4.69, 9.17) is 9.15 Å². The number of nitrogens with one attached hydrogen (secondary N) is 1. The number of hydrogen-bond donors (Lipinski definition) is 1. The number of rotatable bonds is 6. The van der Waals surface area contributed by atoms with Gasteiger partial charge in [0.25, 0.3) is 5.91 Å². The number of methoxy groups -OCH3 is 1. The molecule has 0 radical (unpaired) electrons. The Morgan fingerprint density at radius 3 is 2.70 bits per heavy atom. The van der Waals surface area contributed by atoms with Gasteiger partial charge in [-0.3, -0.25) is 4.79 Å². The lowest BCUT2D eigenvalue weighted by atomic mass is 10.0. The molecule has 1 atom stereocenters. The number of halogens is 1. The quantitative estimate of drug-likeness (QED) is 0.674. The lowest BCUT2D eigenvalue weighted by molar-refractivity contribution is -0.144. The average molecular weight is 372 g/mol. The third-order valence-electron chi connectivity index (χ3n) is 4.39. The molecule has 0 spiro atoms. The summed E-state index contributed by atoms with van der Waals surface area (Å²) in [5.41, 5.74) is 2.28. The minimum atomic E-state index is -0.772. The van der Waals surface area contributed by atoms with E-state index in [1.54, 1.807) is 28.8 Å². The molecular formula is C20H21FN2O4. The number of carbonyl (C=O) groups excluding carboxylic acids is 2. The molecule has 7 heteroatoms. The van der Waals surface area contributed by atoms with E-state index >= 15 is 0 Å². The third-order valence-corrected chi connectivity index (χ3v) is 4.39. The highest BCUT2D eigenvalue weighted by atomic mass is 19.1. The largest absolute Gasteiger partial charge is 0.467 e. The fraction of sp³-hybridized carbons (Fsp3) is 0.300. The van der Waals surface area contributed by atoms with Gasteiger partial charge in [-0.1, -0.05) is 26.0 Å². The Balaban J connectivity index is 1.95. The molecule has 1 aromatic carbocycles. The van der Waals surface area contributed by atoms with Crippen molar-refractivity contribution in [2.75, 3.05) is 7.11 Å². The highest BCUT2D eigenvalue weighted by molar-refractivity contribution is 5.99. The number of esters is 1. The van der Waals surface area contributed by atoms with Crippen LogP contribution >= 0.6 is 0 Å². The van der Waals surface area contributed by atoms with E-state index in [9.17, 15) is 14.0 Å². The zero-order chi connectivity index (χ0) is 19.6. The number of ether oxygens (including phenoxy) is 1. The first kappa shape index (κ1) is 18.7. The van der Waals surface area contributed by atoms with E-state index in [0.29, 0.717) is 22.4 Å². The zero-order valence-corrected chi connectivity index (χ0v) is 15.4. The summed E-state index contributed by atoms with van der Waals surface area (Å²) in [5.74, 6) is -1.43. The maximum atomic E-state index is 13.5. The van der Waals surface area contributed by atoms with Crippen molar-refractivity contribution >= 4 is 23.0 Å². The first-order valence-corrected chi connectivity index (χ1v) is 8.60. The summed E-state index contributed by atoms with van der Waals surface area (Å²) >= 11 is 0. The molecule has 1 N–H and O–H groups in total. The Bertz CT molecular complexity index is 973. The second kappa shape index (κ2) is 7.65. The lowest BCUT2D eigenvalue weighted by Gasteiger charge is -2.20. The summed E-state index contributed by atoms with van der Waals surface area (Å²) in [5, 5.41) is 2.72. The molecule has 142 valence electrons. The Hall–Kier alpha value is -3.09. The van der Waals surface area contributed by atoms with Crippen molar-refractivity contribution in [3.63, 3.8) is 0 Å². The van der Waals surface area contributed by atoms with Crippen molar-refractivity contribution in [3.8, 4) is 0 Å². The van der Waals surface area contributed by atoms with Crippen LogP contribution < -0.4 is 5.32 Å². The van der Waals surface area contributed by atoms with Gasteiger partial charge >= 0.3 is 5.97 Å². The van der Waals surface area contributed by atoms with Crippen LogP contribution in [-0.4, -0.2) is 29.6 Å². The molecule has 2 heterocycles. The molecule has 2 aromatic heterocycles. The van der Waals surface area contributed by atoms with Gasteiger partial charge in [-0.2, -0.15) is 0 Å². The molecule has 3 rings (SSSR count). The highest BCUT2D eigenvalue weighted by Gasteiger charge is 2.27. The first-order chi connectivity index (χ1) is 12.9. The molecule has 0 saturated carbocycles. The molecule has 6 nitrogen and oxygen atoms in total. The number of benzene rings is 1. The van der Waals surface area contributed by atoms with Crippen molar-refractivity contribution in [1.82, 2.24) is 9.88 Å². The average Bonchev–Trinajstić information content (AvgIpc) is 3.21. The summed E-state index contributed by atoms with van der Waals surface area (Å²) < 4.78 is 25.5. The first-order valence-electron chi connectivity index (χ1n) is 8.60. The van der Waals surface area contributed by atoms with E-state index in [0.717, 1.165) is 0 Å². The van der Waals surface area contributed by atoms with Crippen molar-refractivity contribution in [1.29, 1.82) is 0 Å². The van der Waals surface area contributed by atoms with Gasteiger partial charge in [0.2, 0.25) is 0 Å². The van der Waals surface area contributed by atoms with Crippen molar-refractivity contribution in [2.24, 2.45) is 5.92 Å². The normalized spacial score (nSPS) is 12.3. The van der Waals surface area contributed by atoms with Crippen LogP contribution in [0.5, 0.6) is 0 Å². The molecule has 1 unspecified atom stereocenters. The maximum absolute atomic E-state index is 13.5. The molecule has 0 saturated heterocycles. The SMILES string of the molecule is COC(=O)C(NC(=O)c1cc2occc2n1Cc1cccc(F)c1)C(C)C. The fourth-order valence-corrected chi connectivity index (χ4v) is 2.99. The predicted octanol–water partition coefficient (Wildman–Crippen LogP) is 3.35. The summed E-state index contributed by atoms with van der Waals surface area (Å²) in [7, 11) is 1.28. The molecule has 3 aromatic rings. The summed E-state index contributed by atoms with van der Waals surface area (Å²) in [4.78, 5) is 24.8. The number of fused-ring (bicyclic) bond motifs is 1. The van der Waals surface area contributed by atoms with E-state index in [-0.39, 0.29) is 18.3 Å². The molecule has 0 aliphatic heterocycles. The van der Waals surface area contributed by atoms with Gasteiger partial charge in [0.15, 0.2) is 5.58 Å². The van der Waals surface area contributed by atoms with Gasteiger partial charge in [0, 0.05) is 18.7 Å². The van der Waals surface area contributed by atoms with Crippen LogP contribution in [0.4, 0.5) is 4.39 Å². The second-order valence-electron chi connectivity index (χ2n) is 6.63. The van der Waals surface area contributed by atoms with Crippen LogP contribution in [0.2, 0.25) is 0 Å². The zero-order valence-electron chi connectivity index (χ0n) is 15.4. The lowest BCUT2D eigenvalue weighted by Crippen LogP contribution is -2.45. The van der Waals surface area contributed by atoms with Crippen LogP contribution in [0, 0.1) is 11.7 Å². The maximum Gasteiger partial charge on any atom is 0.328 e. The van der Waals surface area contributed by atoms with Crippen molar-refractivity contribution < 1.29 is 23.1 Å². The van der Waals surface area contributed by atoms with Crippen LogP contribution in [-0.2, 0) is 16.1 Å². The number of nitrogens with zero attached hydrogens (tertiary/aromatic N) is 1. The van der Waals surface area contributed by atoms with Gasteiger partial charge in [0.05, 0.1) is 18.9 Å². The van der Waals surface area contributed by atoms with Crippen LogP contribution in [0.25, 0.3) is 11.1 Å². The Morgan fingerprint density at radius 2 is 2.04 bits per heavy atom. The Labute approximate surface area is 155 Å². The molecule has 0 aliphatic rings. The fourth-order valence-electron chi connectivity index (χ4n) is 2.99. The van der Waals surface area contributed by atoms with Gasteiger partial charge in [-0.15, -0.1) is 0 Å². The van der Waals surface area contributed by atoms with E-state index < -0.39 is 17.9 Å². The minimum absolute atomic E-state index is 0.143. The smallest absolute Gasteiger partial charge is 0.328 e. The topological polar surface area (TPSA) is 73.5 Å². The van der Waals surface area contributed by atoms with E-state index in [2.05, 4.69) is 5.32 Å². The summed E-state index contributed by atoms with van der Waals surface area (Å²) in [6.07, 6.45) is 1.53. The Kier molecular flexibility index (Phi) is 5.30. The molecule has 0 bridgehead atoms. The molecule has 27 heavy (non-hydrogen) atoms. The monoisotopic (exact) mass is 372 g/mol. The van der Waals surface area contributed by atoms with Gasteiger partial charge < -0.3 is 19.0 Å². The molecular weight excluding hydrogens is 351 g/mol. The van der Waals surface area contributed by atoms with Gasteiger partial charge in [0.1, 0.15) is 17.6 Å². The highest BCUT2D eigenvalue weighted by Crippen LogP contribution is 2.23. The minimum Gasteiger partial charge on any atom is -0.467 e. The van der Waals surface area contributed by atoms with Crippen LogP contribution in [0.1, 0.15) is 29.9 Å². The predicted molar refractivity (Wildman–Crippen MR) is 97.8 cm³/mol. The number of aromatic nitrogens is 1. The number of furan rings is 1. The molecule has 0 fully saturated rings. The number of carbonyl (C=O) groups is 2. The van der Waals surface area contributed by atoms with Crippen LogP contribution in [0.3, 0.4) is 0 Å². The number of amides is 1. The summed E-state index contributed by atoms with van der Waals surface area (Å²) in [6, 6.07) is 8.76. The van der Waals surface area contributed by atoms with Crippen LogP contribution in [0.15, 0.2) is 47.1 Å².